The van der Waals surface area contributed by atoms with Gasteiger partial charge in [0.25, 0.3) is 5.56 Å². The zero-order valence-electron chi connectivity index (χ0n) is 16.9. The third-order valence-corrected chi connectivity index (χ3v) is 5.20. The molecule has 1 amide bonds. The summed E-state index contributed by atoms with van der Waals surface area (Å²) in [6.07, 6.45) is 3.23. The number of benzene rings is 2. The highest BCUT2D eigenvalue weighted by molar-refractivity contribution is 5.76. The van der Waals surface area contributed by atoms with E-state index in [2.05, 4.69) is 10.4 Å². The molecule has 0 aliphatic carbocycles. The van der Waals surface area contributed by atoms with Gasteiger partial charge in [0.15, 0.2) is 11.5 Å². The fraction of sp³-hybridized carbons (Fsp3) is 0.174. The van der Waals surface area contributed by atoms with Crippen molar-refractivity contribution in [3.63, 3.8) is 0 Å². The van der Waals surface area contributed by atoms with Crippen molar-refractivity contribution in [1.29, 1.82) is 0 Å². The average Bonchev–Trinajstić information content (AvgIpc) is 3.42. The van der Waals surface area contributed by atoms with Crippen LogP contribution in [0.3, 0.4) is 0 Å². The lowest BCUT2D eigenvalue weighted by Crippen LogP contribution is -2.32. The molecule has 1 aliphatic rings. The number of amides is 1. The number of nitrogens with zero attached hydrogens (tertiary/aromatic N) is 3. The number of hydrogen-bond donors (Lipinski definition) is 1. The Kier molecular flexibility index (Phi) is 4.66. The lowest BCUT2D eigenvalue weighted by molar-refractivity contribution is -0.121. The van der Waals surface area contributed by atoms with Crippen LogP contribution < -0.4 is 20.3 Å². The predicted octanol–water partition coefficient (Wildman–Crippen LogP) is 2.52. The summed E-state index contributed by atoms with van der Waals surface area (Å²) in [5, 5.41) is 7.33. The van der Waals surface area contributed by atoms with Crippen LogP contribution >= 0.6 is 0 Å². The SMILES string of the molecule is Cc1ccc(CNC(=O)Cn2ccn3nc(-c4ccc5c(c4)OCO5)cc3c2=O)cc1. The van der Waals surface area contributed by atoms with Gasteiger partial charge in [0.1, 0.15) is 12.1 Å². The Balaban J connectivity index is 1.34. The van der Waals surface area contributed by atoms with Gasteiger partial charge in [-0.05, 0) is 36.8 Å². The van der Waals surface area contributed by atoms with Crippen molar-refractivity contribution in [1.82, 2.24) is 19.5 Å². The lowest BCUT2D eigenvalue weighted by atomic mass is 10.1. The molecule has 31 heavy (non-hydrogen) atoms. The number of carbonyl (C=O) groups is 1. The Labute approximate surface area is 177 Å². The van der Waals surface area contributed by atoms with E-state index in [0.29, 0.717) is 29.3 Å². The average molecular weight is 416 g/mol. The van der Waals surface area contributed by atoms with E-state index in [1.165, 1.54) is 9.08 Å². The van der Waals surface area contributed by atoms with Crippen LogP contribution in [-0.4, -0.2) is 26.9 Å². The molecule has 4 aromatic rings. The predicted molar refractivity (Wildman–Crippen MR) is 114 cm³/mol. The maximum absolute atomic E-state index is 12.9. The molecule has 3 heterocycles. The summed E-state index contributed by atoms with van der Waals surface area (Å²) in [6, 6.07) is 15.2. The molecule has 0 saturated carbocycles. The van der Waals surface area contributed by atoms with Gasteiger partial charge < -0.3 is 19.4 Å². The fourth-order valence-electron chi connectivity index (χ4n) is 3.46. The van der Waals surface area contributed by atoms with Gasteiger partial charge in [0.2, 0.25) is 12.7 Å². The minimum atomic E-state index is -0.285. The number of aryl methyl sites for hydroxylation is 1. The zero-order valence-corrected chi connectivity index (χ0v) is 16.9. The third kappa shape index (κ3) is 3.75. The number of aromatic nitrogens is 3. The molecule has 0 radical (unpaired) electrons. The number of rotatable bonds is 5. The summed E-state index contributed by atoms with van der Waals surface area (Å²) >= 11 is 0. The van der Waals surface area contributed by atoms with Crippen LogP contribution in [0, 0.1) is 6.92 Å². The van der Waals surface area contributed by atoms with Crippen LogP contribution in [-0.2, 0) is 17.9 Å². The molecule has 1 N–H and O–H groups in total. The molecular weight excluding hydrogens is 396 g/mol. The number of carbonyl (C=O) groups excluding carboxylic acids is 1. The molecule has 0 fully saturated rings. The molecule has 0 atom stereocenters. The van der Waals surface area contributed by atoms with Crippen LogP contribution in [0.2, 0.25) is 0 Å². The smallest absolute Gasteiger partial charge is 0.277 e. The molecule has 0 unspecified atom stereocenters. The van der Waals surface area contributed by atoms with Crippen molar-refractivity contribution < 1.29 is 14.3 Å². The monoisotopic (exact) mass is 416 g/mol. The van der Waals surface area contributed by atoms with E-state index in [9.17, 15) is 9.59 Å². The molecule has 2 aromatic carbocycles. The number of fused-ring (bicyclic) bond motifs is 2. The maximum atomic E-state index is 12.9. The van der Waals surface area contributed by atoms with E-state index in [1.807, 2.05) is 49.4 Å². The third-order valence-electron chi connectivity index (χ3n) is 5.20. The summed E-state index contributed by atoms with van der Waals surface area (Å²) in [5.74, 6) is 1.10. The summed E-state index contributed by atoms with van der Waals surface area (Å²) in [4.78, 5) is 25.2. The van der Waals surface area contributed by atoms with Crippen LogP contribution in [0.5, 0.6) is 11.5 Å². The van der Waals surface area contributed by atoms with Gasteiger partial charge in [0, 0.05) is 24.5 Å². The highest BCUT2D eigenvalue weighted by atomic mass is 16.7. The highest BCUT2D eigenvalue weighted by Crippen LogP contribution is 2.35. The molecule has 0 saturated heterocycles. The molecule has 8 nitrogen and oxygen atoms in total. The summed E-state index contributed by atoms with van der Waals surface area (Å²) < 4.78 is 13.6. The van der Waals surface area contributed by atoms with Gasteiger partial charge in [-0.2, -0.15) is 5.10 Å². The first-order chi connectivity index (χ1) is 15.1. The highest BCUT2D eigenvalue weighted by Gasteiger charge is 2.16. The van der Waals surface area contributed by atoms with Gasteiger partial charge in [-0.15, -0.1) is 0 Å². The van der Waals surface area contributed by atoms with E-state index in [-0.39, 0.29) is 24.8 Å². The minimum absolute atomic E-state index is 0.0638. The van der Waals surface area contributed by atoms with Crippen LogP contribution in [0.4, 0.5) is 0 Å². The first kappa shape index (κ1) is 18.9. The molecule has 1 aliphatic heterocycles. The van der Waals surface area contributed by atoms with Crippen molar-refractivity contribution >= 4 is 11.4 Å². The molecular formula is C23H20N4O4. The van der Waals surface area contributed by atoms with Crippen LogP contribution in [0.15, 0.2) is 65.7 Å². The minimum Gasteiger partial charge on any atom is -0.454 e. The molecule has 8 heteroatoms. The number of hydrogen-bond acceptors (Lipinski definition) is 5. The Hall–Kier alpha value is -4.07. The second kappa shape index (κ2) is 7.64. The van der Waals surface area contributed by atoms with Crippen molar-refractivity contribution in [3.05, 3.63) is 82.4 Å². The van der Waals surface area contributed by atoms with Crippen LogP contribution in [0.25, 0.3) is 16.8 Å². The summed E-state index contributed by atoms with van der Waals surface area (Å²) in [6.45, 7) is 2.56. The van der Waals surface area contributed by atoms with E-state index >= 15 is 0 Å². The molecule has 0 spiro atoms. The molecule has 156 valence electrons. The van der Waals surface area contributed by atoms with Gasteiger partial charge in [0.05, 0.1) is 5.69 Å². The first-order valence-electron chi connectivity index (χ1n) is 9.88. The van der Waals surface area contributed by atoms with Crippen molar-refractivity contribution in [3.8, 4) is 22.8 Å². The van der Waals surface area contributed by atoms with Gasteiger partial charge in [-0.1, -0.05) is 29.8 Å². The van der Waals surface area contributed by atoms with Crippen molar-refractivity contribution in [2.24, 2.45) is 0 Å². The van der Waals surface area contributed by atoms with E-state index in [1.54, 1.807) is 18.5 Å². The molecule has 2 aromatic heterocycles. The maximum Gasteiger partial charge on any atom is 0.277 e. The number of ether oxygens (including phenoxy) is 2. The second-order valence-corrected chi connectivity index (χ2v) is 7.42. The molecule has 0 bridgehead atoms. The zero-order chi connectivity index (χ0) is 21.4. The Morgan fingerprint density at radius 3 is 2.71 bits per heavy atom. The quantitative estimate of drug-likeness (QED) is 0.540. The Bertz CT molecular complexity index is 1340. The lowest BCUT2D eigenvalue weighted by Gasteiger charge is -2.08. The van der Waals surface area contributed by atoms with Crippen molar-refractivity contribution in [2.45, 2.75) is 20.0 Å². The van der Waals surface area contributed by atoms with E-state index < -0.39 is 0 Å². The van der Waals surface area contributed by atoms with E-state index in [0.717, 1.165) is 16.7 Å². The van der Waals surface area contributed by atoms with Crippen molar-refractivity contribution in [2.75, 3.05) is 6.79 Å². The van der Waals surface area contributed by atoms with Crippen LogP contribution in [0.1, 0.15) is 11.1 Å². The van der Waals surface area contributed by atoms with E-state index in [4.69, 9.17) is 9.47 Å². The van der Waals surface area contributed by atoms with Gasteiger partial charge in [-0.25, -0.2) is 4.52 Å². The standard InChI is InChI=1S/C23H20N4O4/c1-15-2-4-16(5-3-15)12-24-22(28)13-26-8-9-27-19(23(26)29)11-18(25-27)17-6-7-20-21(10-17)31-14-30-20/h2-11H,12-14H2,1H3,(H,24,28). The Morgan fingerprint density at radius 2 is 1.87 bits per heavy atom. The first-order valence-corrected chi connectivity index (χ1v) is 9.88. The fourth-order valence-corrected chi connectivity index (χ4v) is 3.46. The molecule has 5 rings (SSSR count). The summed E-state index contributed by atoms with van der Waals surface area (Å²) in [5.41, 5.74) is 3.72. The topological polar surface area (TPSA) is 86.9 Å². The second-order valence-electron chi connectivity index (χ2n) is 7.42. The number of nitrogens with one attached hydrogen (secondary N) is 1. The normalized spacial score (nSPS) is 12.3. The van der Waals surface area contributed by atoms with Gasteiger partial charge in [-0.3, -0.25) is 9.59 Å². The van der Waals surface area contributed by atoms with Gasteiger partial charge >= 0.3 is 0 Å². The largest absolute Gasteiger partial charge is 0.454 e. The Morgan fingerprint density at radius 1 is 1.06 bits per heavy atom. The summed E-state index contributed by atoms with van der Waals surface area (Å²) in [7, 11) is 0.